The number of anilines is 1. The summed E-state index contributed by atoms with van der Waals surface area (Å²) in [7, 11) is -3.61. The molecule has 1 aromatic rings. The molecule has 0 aliphatic carbocycles. The Kier molecular flexibility index (Phi) is 2.27. The molecule has 0 saturated carbocycles. The number of nitrogens with one attached hydrogen (secondary N) is 1. The number of nitrogens with zero attached hydrogens (tertiary/aromatic N) is 2. The van der Waals surface area contributed by atoms with Crippen LogP contribution in [0.4, 0.5) is 5.69 Å². The van der Waals surface area contributed by atoms with Crippen molar-refractivity contribution in [1.29, 1.82) is 0 Å². The molecule has 0 radical (unpaired) electrons. The van der Waals surface area contributed by atoms with Gasteiger partial charge in [-0.2, -0.15) is 8.42 Å². The van der Waals surface area contributed by atoms with Crippen LogP contribution in [-0.4, -0.2) is 19.2 Å². The fourth-order valence-corrected chi connectivity index (χ4v) is 2.58. The largest absolute Gasteiger partial charge is 0.341 e. The van der Waals surface area contributed by atoms with E-state index in [1.54, 1.807) is 12.3 Å². The van der Waals surface area contributed by atoms with Crippen molar-refractivity contribution in [2.45, 2.75) is 25.7 Å². The van der Waals surface area contributed by atoms with Gasteiger partial charge < -0.3 is 5.32 Å². The molecule has 16 heavy (non-hydrogen) atoms. The predicted octanol–water partition coefficient (Wildman–Crippen LogP) is 1.64. The van der Waals surface area contributed by atoms with Crippen LogP contribution in [0, 0.1) is 5.41 Å². The Labute approximate surface area is 94.7 Å². The SMILES string of the molecule is CC(C)(C)C1=NS(=O)(=O)c2cnccc2N1. The molecule has 1 aliphatic heterocycles. The van der Waals surface area contributed by atoms with E-state index in [9.17, 15) is 8.42 Å². The van der Waals surface area contributed by atoms with E-state index in [1.165, 1.54) is 6.20 Å². The molecule has 0 unspecified atom stereocenters. The van der Waals surface area contributed by atoms with Gasteiger partial charge in [-0.25, -0.2) is 0 Å². The van der Waals surface area contributed by atoms with Crippen LogP contribution in [0.2, 0.25) is 0 Å². The lowest BCUT2D eigenvalue weighted by atomic mass is 9.95. The average molecular weight is 239 g/mol. The van der Waals surface area contributed by atoms with Gasteiger partial charge in [-0.1, -0.05) is 20.8 Å². The molecule has 0 atom stereocenters. The summed E-state index contributed by atoms with van der Waals surface area (Å²) in [6.45, 7) is 5.71. The van der Waals surface area contributed by atoms with E-state index in [2.05, 4.69) is 14.7 Å². The fourth-order valence-electron chi connectivity index (χ4n) is 1.33. The number of hydrogen-bond acceptors (Lipinski definition) is 4. The van der Waals surface area contributed by atoms with E-state index in [0.29, 0.717) is 11.5 Å². The maximum atomic E-state index is 11.9. The summed E-state index contributed by atoms with van der Waals surface area (Å²) in [5.41, 5.74) is 0.198. The van der Waals surface area contributed by atoms with Crippen molar-refractivity contribution in [3.63, 3.8) is 0 Å². The zero-order valence-electron chi connectivity index (χ0n) is 9.35. The number of amidine groups is 1. The minimum absolute atomic E-state index is 0.128. The van der Waals surface area contributed by atoms with Gasteiger partial charge in [0.2, 0.25) is 0 Å². The molecule has 0 bridgehead atoms. The Morgan fingerprint density at radius 3 is 2.62 bits per heavy atom. The zero-order valence-corrected chi connectivity index (χ0v) is 10.2. The highest BCUT2D eigenvalue weighted by Gasteiger charge is 2.30. The van der Waals surface area contributed by atoms with Crippen LogP contribution in [0.1, 0.15) is 20.8 Å². The van der Waals surface area contributed by atoms with Crippen LogP contribution in [0.5, 0.6) is 0 Å². The second kappa shape index (κ2) is 3.28. The molecule has 2 rings (SSSR count). The van der Waals surface area contributed by atoms with Gasteiger partial charge in [-0.3, -0.25) is 4.98 Å². The summed E-state index contributed by atoms with van der Waals surface area (Å²) in [6, 6.07) is 1.63. The summed E-state index contributed by atoms with van der Waals surface area (Å²) in [5.74, 6) is 0.450. The first-order valence-corrected chi connectivity index (χ1v) is 6.31. The van der Waals surface area contributed by atoms with Crippen LogP contribution >= 0.6 is 0 Å². The molecule has 0 fully saturated rings. The van der Waals surface area contributed by atoms with E-state index in [-0.39, 0.29) is 10.3 Å². The molecule has 6 heteroatoms. The molecule has 0 saturated heterocycles. The highest BCUT2D eigenvalue weighted by Crippen LogP contribution is 2.30. The van der Waals surface area contributed by atoms with Crippen LogP contribution in [0.15, 0.2) is 27.8 Å². The van der Waals surface area contributed by atoms with Crippen molar-refractivity contribution in [3.05, 3.63) is 18.5 Å². The van der Waals surface area contributed by atoms with Crippen LogP contribution < -0.4 is 5.32 Å². The molecule has 0 aromatic carbocycles. The topological polar surface area (TPSA) is 71.4 Å². The normalized spacial score (nSPS) is 18.3. The molecule has 1 aliphatic rings. The van der Waals surface area contributed by atoms with E-state index < -0.39 is 10.0 Å². The summed E-state index contributed by atoms with van der Waals surface area (Å²) in [5, 5.41) is 3.02. The van der Waals surface area contributed by atoms with Crippen molar-refractivity contribution < 1.29 is 8.42 Å². The molecule has 1 N–H and O–H groups in total. The molecular weight excluding hydrogens is 226 g/mol. The monoisotopic (exact) mass is 239 g/mol. The van der Waals surface area contributed by atoms with E-state index in [0.717, 1.165) is 0 Å². The number of hydrogen-bond donors (Lipinski definition) is 1. The average Bonchev–Trinajstić information content (AvgIpc) is 2.15. The number of fused-ring (bicyclic) bond motifs is 1. The molecule has 2 heterocycles. The smallest absolute Gasteiger partial charge is 0.287 e. The van der Waals surface area contributed by atoms with E-state index in [1.807, 2.05) is 20.8 Å². The Hall–Kier alpha value is -1.43. The van der Waals surface area contributed by atoms with Crippen molar-refractivity contribution in [3.8, 4) is 0 Å². The van der Waals surface area contributed by atoms with Gasteiger partial charge in [0.05, 0.1) is 5.69 Å². The van der Waals surface area contributed by atoms with Crippen molar-refractivity contribution >= 4 is 21.5 Å². The van der Waals surface area contributed by atoms with Crippen molar-refractivity contribution in [2.75, 3.05) is 5.32 Å². The summed E-state index contributed by atoms with van der Waals surface area (Å²) >= 11 is 0. The molecule has 86 valence electrons. The highest BCUT2D eigenvalue weighted by atomic mass is 32.2. The minimum Gasteiger partial charge on any atom is -0.341 e. The molecule has 0 amide bonds. The van der Waals surface area contributed by atoms with Crippen LogP contribution in [0.25, 0.3) is 0 Å². The second-order valence-electron chi connectivity index (χ2n) is 4.66. The number of rotatable bonds is 0. The first-order chi connectivity index (χ1) is 7.31. The number of pyridine rings is 1. The lowest BCUT2D eigenvalue weighted by molar-refractivity contribution is 0.577. The Balaban J connectivity index is 2.61. The van der Waals surface area contributed by atoms with Gasteiger partial charge in [-0.05, 0) is 6.07 Å². The summed E-state index contributed by atoms with van der Waals surface area (Å²) < 4.78 is 27.5. The number of sulfonamides is 1. The third-order valence-corrected chi connectivity index (χ3v) is 3.54. The Morgan fingerprint density at radius 2 is 2.00 bits per heavy atom. The fraction of sp³-hybridized carbons (Fsp3) is 0.400. The third kappa shape index (κ3) is 1.80. The zero-order chi connectivity index (χ0) is 12.0. The Bertz CT molecular complexity index is 556. The minimum atomic E-state index is -3.61. The quantitative estimate of drug-likeness (QED) is 0.747. The van der Waals surface area contributed by atoms with Crippen molar-refractivity contribution in [2.24, 2.45) is 9.81 Å². The van der Waals surface area contributed by atoms with Gasteiger partial charge >= 0.3 is 0 Å². The lowest BCUT2D eigenvalue weighted by Gasteiger charge is -2.26. The summed E-state index contributed by atoms with van der Waals surface area (Å²) in [4.78, 5) is 3.92. The maximum Gasteiger partial charge on any atom is 0.287 e. The van der Waals surface area contributed by atoms with Gasteiger partial charge in [0.1, 0.15) is 10.7 Å². The molecule has 1 aromatic heterocycles. The second-order valence-corrected chi connectivity index (χ2v) is 6.23. The first kappa shape index (κ1) is 11.1. The van der Waals surface area contributed by atoms with Gasteiger partial charge in [0, 0.05) is 17.8 Å². The van der Waals surface area contributed by atoms with Crippen LogP contribution in [0.3, 0.4) is 0 Å². The number of aromatic nitrogens is 1. The lowest BCUT2D eigenvalue weighted by Crippen LogP contribution is -2.32. The predicted molar refractivity (Wildman–Crippen MR) is 61.9 cm³/mol. The molecule has 0 spiro atoms. The maximum absolute atomic E-state index is 11.9. The van der Waals surface area contributed by atoms with Crippen LogP contribution in [-0.2, 0) is 10.0 Å². The standard InChI is InChI=1S/C10H13N3O2S/c1-10(2,3)9-12-7-4-5-11-6-8(7)16(14,15)13-9/h4-6H,1-3H3,(H,12,13). The third-order valence-electron chi connectivity index (χ3n) is 2.24. The Morgan fingerprint density at radius 1 is 1.31 bits per heavy atom. The van der Waals surface area contributed by atoms with Gasteiger partial charge in [0.15, 0.2) is 0 Å². The van der Waals surface area contributed by atoms with E-state index in [4.69, 9.17) is 0 Å². The first-order valence-electron chi connectivity index (χ1n) is 4.87. The van der Waals surface area contributed by atoms with Gasteiger partial charge in [-0.15, -0.1) is 4.40 Å². The highest BCUT2D eigenvalue weighted by molar-refractivity contribution is 7.90. The molecule has 5 nitrogen and oxygen atoms in total. The van der Waals surface area contributed by atoms with Gasteiger partial charge in [0.25, 0.3) is 10.0 Å². The van der Waals surface area contributed by atoms with E-state index >= 15 is 0 Å². The summed E-state index contributed by atoms with van der Waals surface area (Å²) in [6.07, 6.45) is 2.85. The van der Waals surface area contributed by atoms with Crippen molar-refractivity contribution in [1.82, 2.24) is 4.98 Å². The molecular formula is C10H13N3O2S.